The molecule has 0 aromatic carbocycles. The fourth-order valence-corrected chi connectivity index (χ4v) is 3.22. The molecular weight excluding hydrogens is 276 g/mol. The molecule has 4 rings (SSSR count). The number of nitrogens with zero attached hydrogens (tertiary/aromatic N) is 6. The first-order chi connectivity index (χ1) is 10.7. The summed E-state index contributed by atoms with van der Waals surface area (Å²) in [5.41, 5.74) is 2.01. The third-order valence-corrected chi connectivity index (χ3v) is 4.39. The van der Waals surface area contributed by atoms with Gasteiger partial charge in [0.2, 0.25) is 5.95 Å². The smallest absolute Gasteiger partial charge is 0.224 e. The van der Waals surface area contributed by atoms with Gasteiger partial charge in [-0.2, -0.15) is 4.98 Å². The van der Waals surface area contributed by atoms with E-state index in [0.717, 1.165) is 41.5 Å². The molecule has 3 aromatic heterocycles. The van der Waals surface area contributed by atoms with E-state index in [4.69, 9.17) is 4.98 Å². The van der Waals surface area contributed by atoms with Crippen LogP contribution in [0.1, 0.15) is 19.3 Å². The summed E-state index contributed by atoms with van der Waals surface area (Å²) in [6.07, 6.45) is 7.64. The summed E-state index contributed by atoms with van der Waals surface area (Å²) in [6, 6.07) is 4.08. The number of aromatic nitrogens is 5. The van der Waals surface area contributed by atoms with Gasteiger partial charge in [0.25, 0.3) is 0 Å². The van der Waals surface area contributed by atoms with E-state index in [0.29, 0.717) is 0 Å². The largest absolute Gasteiger partial charge is 0.341 e. The Bertz CT molecular complexity index is 809. The molecule has 6 nitrogen and oxygen atoms in total. The number of hydrogen-bond donors (Lipinski definition) is 0. The minimum Gasteiger partial charge on any atom is -0.341 e. The average molecular weight is 296 g/mol. The van der Waals surface area contributed by atoms with Crippen molar-refractivity contribution in [1.29, 1.82) is 0 Å². The summed E-state index contributed by atoms with van der Waals surface area (Å²) in [4.78, 5) is 11.6. The Morgan fingerprint density at radius 1 is 1.05 bits per heavy atom. The molecule has 6 heteroatoms. The third-order valence-electron chi connectivity index (χ3n) is 4.39. The highest BCUT2D eigenvalue weighted by Crippen LogP contribution is 2.27. The molecule has 4 heterocycles. The van der Waals surface area contributed by atoms with Crippen LogP contribution in [0.4, 0.5) is 5.95 Å². The molecule has 0 N–H and O–H groups in total. The van der Waals surface area contributed by atoms with Crippen molar-refractivity contribution in [3.05, 3.63) is 24.5 Å². The van der Waals surface area contributed by atoms with Gasteiger partial charge in [-0.25, -0.2) is 9.67 Å². The second-order valence-electron chi connectivity index (χ2n) is 5.93. The number of hydrogen-bond acceptors (Lipinski definition) is 4. The zero-order valence-corrected chi connectivity index (χ0v) is 13.0. The lowest BCUT2D eigenvalue weighted by molar-refractivity contribution is 0.557. The molecular formula is C16H20N6. The van der Waals surface area contributed by atoms with Crippen LogP contribution in [0, 0.1) is 0 Å². The Morgan fingerprint density at radius 2 is 1.86 bits per heavy atom. The van der Waals surface area contributed by atoms with E-state index in [1.165, 1.54) is 19.3 Å². The third kappa shape index (κ3) is 2.06. The quantitative estimate of drug-likeness (QED) is 0.728. The fourth-order valence-electron chi connectivity index (χ4n) is 3.22. The maximum absolute atomic E-state index is 4.80. The van der Waals surface area contributed by atoms with Crippen molar-refractivity contribution in [3.8, 4) is 11.4 Å². The van der Waals surface area contributed by atoms with Crippen molar-refractivity contribution in [3.63, 3.8) is 0 Å². The molecule has 114 valence electrons. The van der Waals surface area contributed by atoms with Crippen LogP contribution in [0.3, 0.4) is 0 Å². The number of anilines is 1. The highest BCUT2D eigenvalue weighted by Gasteiger charge is 2.19. The van der Waals surface area contributed by atoms with E-state index in [1.54, 1.807) is 0 Å². The van der Waals surface area contributed by atoms with Crippen molar-refractivity contribution < 1.29 is 0 Å². The molecule has 22 heavy (non-hydrogen) atoms. The van der Waals surface area contributed by atoms with Gasteiger partial charge >= 0.3 is 0 Å². The molecule has 1 aliphatic heterocycles. The summed E-state index contributed by atoms with van der Waals surface area (Å²) < 4.78 is 3.92. The Balaban J connectivity index is 1.79. The summed E-state index contributed by atoms with van der Waals surface area (Å²) in [6.45, 7) is 2.14. The van der Waals surface area contributed by atoms with Crippen molar-refractivity contribution >= 4 is 17.0 Å². The van der Waals surface area contributed by atoms with Gasteiger partial charge in [-0.3, -0.25) is 0 Å². The monoisotopic (exact) mass is 296 g/mol. The zero-order chi connectivity index (χ0) is 15.1. The minimum atomic E-state index is 0.779. The molecule has 0 radical (unpaired) electrons. The van der Waals surface area contributed by atoms with Gasteiger partial charge in [0.15, 0.2) is 5.82 Å². The van der Waals surface area contributed by atoms with Crippen LogP contribution in [0.5, 0.6) is 0 Å². The normalized spacial score (nSPS) is 15.6. The maximum Gasteiger partial charge on any atom is 0.224 e. The van der Waals surface area contributed by atoms with Crippen LogP contribution in [-0.4, -0.2) is 37.4 Å². The van der Waals surface area contributed by atoms with Gasteiger partial charge < -0.3 is 9.47 Å². The second-order valence-corrected chi connectivity index (χ2v) is 5.93. The topological polar surface area (TPSA) is 51.8 Å². The Hall–Kier alpha value is -2.37. The van der Waals surface area contributed by atoms with Gasteiger partial charge in [-0.15, -0.1) is 5.10 Å². The van der Waals surface area contributed by atoms with Crippen LogP contribution in [0.25, 0.3) is 22.4 Å². The molecule has 1 saturated heterocycles. The van der Waals surface area contributed by atoms with E-state index < -0.39 is 0 Å². The van der Waals surface area contributed by atoms with E-state index in [2.05, 4.69) is 21.0 Å². The summed E-state index contributed by atoms with van der Waals surface area (Å²) in [5.74, 6) is 1.75. The number of pyridine rings is 1. The molecule has 1 aliphatic rings. The molecule has 3 aromatic rings. The molecule has 0 spiro atoms. The number of fused-ring (bicyclic) bond motifs is 1. The lowest BCUT2D eigenvalue weighted by atomic mass is 10.1. The molecule has 0 amide bonds. The number of aryl methyl sites for hydroxylation is 2. The van der Waals surface area contributed by atoms with Gasteiger partial charge in [-0.1, -0.05) is 0 Å². The number of rotatable bonds is 2. The highest BCUT2D eigenvalue weighted by atomic mass is 15.4. The minimum absolute atomic E-state index is 0.779. The van der Waals surface area contributed by atoms with E-state index >= 15 is 0 Å². The average Bonchev–Trinajstić information content (AvgIpc) is 3.12. The van der Waals surface area contributed by atoms with Crippen LogP contribution in [0.2, 0.25) is 0 Å². The predicted octanol–water partition coefficient (Wildman–Crippen LogP) is 2.36. The first-order valence-electron chi connectivity index (χ1n) is 7.80. The second kappa shape index (κ2) is 5.12. The SMILES string of the molecule is Cn1nc(-c2ccnc3c2ccn3C)nc1N1CCCCC1. The fraction of sp³-hybridized carbons (Fsp3) is 0.438. The van der Waals surface area contributed by atoms with Crippen LogP contribution in [-0.2, 0) is 14.1 Å². The molecule has 1 fully saturated rings. The summed E-state index contributed by atoms with van der Waals surface area (Å²) in [7, 11) is 3.98. The van der Waals surface area contributed by atoms with Crippen molar-refractivity contribution in [1.82, 2.24) is 24.3 Å². The van der Waals surface area contributed by atoms with Crippen molar-refractivity contribution in [2.45, 2.75) is 19.3 Å². The van der Waals surface area contributed by atoms with E-state index in [-0.39, 0.29) is 0 Å². The van der Waals surface area contributed by atoms with Crippen LogP contribution < -0.4 is 4.90 Å². The van der Waals surface area contributed by atoms with Gasteiger partial charge in [0.05, 0.1) is 0 Å². The maximum atomic E-state index is 4.80. The van der Waals surface area contributed by atoms with Crippen LogP contribution >= 0.6 is 0 Å². The lowest BCUT2D eigenvalue weighted by Gasteiger charge is -2.26. The molecule has 0 bridgehead atoms. The molecule has 0 unspecified atom stereocenters. The zero-order valence-electron chi connectivity index (χ0n) is 13.0. The van der Waals surface area contributed by atoms with Crippen molar-refractivity contribution in [2.75, 3.05) is 18.0 Å². The van der Waals surface area contributed by atoms with Gasteiger partial charge in [-0.05, 0) is 31.4 Å². The standard InChI is InChI=1S/C16H20N6/c1-20-11-7-13-12(6-8-17-15(13)20)14-18-16(21(2)19-14)22-9-4-3-5-10-22/h6-8,11H,3-5,9-10H2,1-2H3. The Kier molecular flexibility index (Phi) is 3.10. The molecule has 0 aliphatic carbocycles. The van der Waals surface area contributed by atoms with Gasteiger partial charge in [0.1, 0.15) is 5.65 Å². The van der Waals surface area contributed by atoms with Crippen molar-refractivity contribution in [2.24, 2.45) is 14.1 Å². The molecule has 0 saturated carbocycles. The van der Waals surface area contributed by atoms with E-state index in [1.807, 2.05) is 41.8 Å². The summed E-state index contributed by atoms with van der Waals surface area (Å²) in [5, 5.41) is 5.74. The van der Waals surface area contributed by atoms with Gasteiger partial charge in [0, 0.05) is 50.5 Å². The first kappa shape index (κ1) is 13.3. The predicted molar refractivity (Wildman–Crippen MR) is 86.8 cm³/mol. The van der Waals surface area contributed by atoms with Crippen LogP contribution in [0.15, 0.2) is 24.5 Å². The first-order valence-corrected chi connectivity index (χ1v) is 7.80. The Labute approximate surface area is 129 Å². The highest BCUT2D eigenvalue weighted by molar-refractivity contribution is 5.91. The Morgan fingerprint density at radius 3 is 2.68 bits per heavy atom. The molecule has 0 atom stereocenters. The van der Waals surface area contributed by atoms with E-state index in [9.17, 15) is 0 Å². The summed E-state index contributed by atoms with van der Waals surface area (Å²) >= 11 is 0. The lowest BCUT2D eigenvalue weighted by Crippen LogP contribution is -2.31. The number of piperidine rings is 1.